The second-order valence-corrected chi connectivity index (χ2v) is 7.58. The van der Waals surface area contributed by atoms with Crippen LogP contribution in [0.2, 0.25) is 5.02 Å². The zero-order valence-electron chi connectivity index (χ0n) is 14.5. The van der Waals surface area contributed by atoms with Crippen molar-refractivity contribution in [3.05, 3.63) is 58.6 Å². The zero-order valence-corrected chi connectivity index (χ0v) is 15.3. The lowest BCUT2D eigenvalue weighted by molar-refractivity contribution is -0.118. The predicted octanol–water partition coefficient (Wildman–Crippen LogP) is 4.95. The lowest BCUT2D eigenvalue weighted by atomic mass is 9.67. The first-order chi connectivity index (χ1) is 11.2. The zero-order chi connectivity index (χ0) is 17.6. The Hall–Kier alpha value is -2.00. The van der Waals surface area contributed by atoms with Gasteiger partial charge in [-0.15, -0.1) is 0 Å². The van der Waals surface area contributed by atoms with Crippen LogP contribution in [0.1, 0.15) is 50.7 Å². The van der Waals surface area contributed by atoms with Crippen LogP contribution in [0.3, 0.4) is 0 Å². The molecule has 0 saturated carbocycles. The molecule has 0 saturated heterocycles. The molecule has 0 aliphatic carbocycles. The Morgan fingerprint density at radius 1 is 1.17 bits per heavy atom. The van der Waals surface area contributed by atoms with Crippen LogP contribution in [0.4, 0.5) is 11.4 Å². The maximum atomic E-state index is 12.5. The van der Waals surface area contributed by atoms with E-state index in [1.54, 1.807) is 6.92 Å². The minimum absolute atomic E-state index is 0.0388. The van der Waals surface area contributed by atoms with Gasteiger partial charge in [-0.3, -0.25) is 4.79 Å². The number of nitrogens with zero attached hydrogens (tertiary/aromatic N) is 1. The summed E-state index contributed by atoms with van der Waals surface area (Å²) in [5, 5.41) is 0.716. The van der Waals surface area contributed by atoms with Crippen molar-refractivity contribution in [2.24, 2.45) is 0 Å². The number of rotatable bonds is 1. The van der Waals surface area contributed by atoms with Gasteiger partial charge in [-0.05, 0) is 61.2 Å². The van der Waals surface area contributed by atoms with Crippen LogP contribution in [-0.2, 0) is 4.79 Å². The fraction of sp³-hybridized carbons (Fsp3) is 0.350. The molecular weight excluding hydrogens is 320 g/mol. The van der Waals surface area contributed by atoms with E-state index in [1.807, 2.05) is 35.2 Å². The van der Waals surface area contributed by atoms with Gasteiger partial charge >= 0.3 is 0 Å². The summed E-state index contributed by atoms with van der Waals surface area (Å²) in [6.07, 6.45) is 0. The summed E-state index contributed by atoms with van der Waals surface area (Å²) in [4.78, 5) is 14.4. The summed E-state index contributed by atoms with van der Waals surface area (Å²) in [5.41, 5.74) is 9.63. The molecule has 0 fully saturated rings. The standard InChI is InChI=1S/C20H23ClN2O/c1-12-17-11-16(22)9-10-18(17)23(13(2)24)20(3,4)19(12)14-5-7-15(21)8-6-14/h5-12,19H,22H2,1-4H3. The number of benzene rings is 2. The summed E-state index contributed by atoms with van der Waals surface area (Å²) in [6, 6.07) is 13.7. The summed E-state index contributed by atoms with van der Waals surface area (Å²) < 4.78 is 0. The van der Waals surface area contributed by atoms with Crippen molar-refractivity contribution in [1.82, 2.24) is 0 Å². The molecular formula is C20H23ClN2O. The van der Waals surface area contributed by atoms with Crippen molar-refractivity contribution in [1.29, 1.82) is 0 Å². The molecule has 0 bridgehead atoms. The quantitative estimate of drug-likeness (QED) is 0.745. The number of anilines is 2. The minimum atomic E-state index is -0.359. The highest BCUT2D eigenvalue weighted by Crippen LogP contribution is 2.52. The fourth-order valence-corrected chi connectivity index (χ4v) is 4.45. The molecule has 3 nitrogen and oxygen atoms in total. The Kier molecular flexibility index (Phi) is 4.08. The summed E-state index contributed by atoms with van der Waals surface area (Å²) >= 11 is 6.06. The van der Waals surface area contributed by atoms with Gasteiger partial charge in [0.2, 0.25) is 5.91 Å². The van der Waals surface area contributed by atoms with Gasteiger partial charge in [-0.25, -0.2) is 0 Å². The third-order valence-corrected chi connectivity index (χ3v) is 5.42. The molecule has 3 rings (SSSR count). The third kappa shape index (κ3) is 2.57. The number of carbonyl (C=O) groups excluding carboxylic acids is 1. The lowest BCUT2D eigenvalue weighted by Crippen LogP contribution is -2.55. The van der Waals surface area contributed by atoms with E-state index in [0.717, 1.165) is 16.9 Å². The second-order valence-electron chi connectivity index (χ2n) is 7.14. The third-order valence-electron chi connectivity index (χ3n) is 5.16. The number of fused-ring (bicyclic) bond motifs is 1. The van der Waals surface area contributed by atoms with E-state index in [9.17, 15) is 4.79 Å². The van der Waals surface area contributed by atoms with Crippen LogP contribution >= 0.6 is 11.6 Å². The molecule has 2 aromatic rings. The Morgan fingerprint density at radius 3 is 2.38 bits per heavy atom. The topological polar surface area (TPSA) is 46.3 Å². The molecule has 2 aromatic carbocycles. The SMILES string of the molecule is CC(=O)N1c2ccc(N)cc2C(C)C(c2ccc(Cl)cc2)C1(C)C. The Morgan fingerprint density at radius 2 is 1.79 bits per heavy atom. The van der Waals surface area contributed by atoms with Crippen LogP contribution in [0.25, 0.3) is 0 Å². The van der Waals surface area contributed by atoms with Crippen molar-refractivity contribution in [2.45, 2.75) is 45.1 Å². The average molecular weight is 343 g/mol. The first-order valence-electron chi connectivity index (χ1n) is 8.19. The Bertz CT molecular complexity index is 783. The van der Waals surface area contributed by atoms with Crippen molar-refractivity contribution in [3.8, 4) is 0 Å². The molecule has 24 heavy (non-hydrogen) atoms. The Labute approximate surface area is 148 Å². The maximum Gasteiger partial charge on any atom is 0.224 e. The van der Waals surface area contributed by atoms with Crippen molar-refractivity contribution in [3.63, 3.8) is 0 Å². The molecule has 0 aromatic heterocycles. The lowest BCUT2D eigenvalue weighted by Gasteiger charge is -2.51. The summed E-state index contributed by atoms with van der Waals surface area (Å²) in [6.45, 7) is 8.08. The molecule has 4 heteroatoms. The normalized spacial score (nSPS) is 22.1. The van der Waals surface area contributed by atoms with Crippen molar-refractivity contribution >= 4 is 28.9 Å². The number of amides is 1. The van der Waals surface area contributed by atoms with E-state index in [4.69, 9.17) is 17.3 Å². The van der Waals surface area contributed by atoms with E-state index in [-0.39, 0.29) is 23.3 Å². The first kappa shape index (κ1) is 16.8. The highest BCUT2D eigenvalue weighted by Gasteiger charge is 2.47. The van der Waals surface area contributed by atoms with Crippen molar-refractivity contribution < 1.29 is 4.79 Å². The number of carbonyl (C=O) groups is 1. The molecule has 0 spiro atoms. The molecule has 1 aliphatic heterocycles. The molecule has 2 unspecified atom stereocenters. The molecule has 1 amide bonds. The molecule has 126 valence electrons. The van der Waals surface area contributed by atoms with Gasteiger partial charge in [0.1, 0.15) is 0 Å². The molecule has 2 atom stereocenters. The van der Waals surface area contributed by atoms with Crippen LogP contribution in [0.5, 0.6) is 0 Å². The van der Waals surface area contributed by atoms with Gasteiger partial charge in [0, 0.05) is 34.8 Å². The molecule has 2 N–H and O–H groups in total. The fourth-order valence-electron chi connectivity index (χ4n) is 4.32. The Balaban J connectivity index is 2.23. The van der Waals surface area contributed by atoms with Gasteiger partial charge < -0.3 is 10.6 Å². The molecule has 1 aliphatic rings. The van der Waals surface area contributed by atoms with Gasteiger partial charge in [0.15, 0.2) is 0 Å². The van der Waals surface area contributed by atoms with E-state index < -0.39 is 0 Å². The number of nitrogen functional groups attached to an aromatic ring is 1. The number of hydrogen-bond donors (Lipinski definition) is 1. The smallest absolute Gasteiger partial charge is 0.224 e. The highest BCUT2D eigenvalue weighted by molar-refractivity contribution is 6.30. The van der Waals surface area contributed by atoms with Gasteiger partial charge in [0.05, 0.1) is 0 Å². The van der Waals surface area contributed by atoms with Gasteiger partial charge in [-0.1, -0.05) is 30.7 Å². The van der Waals surface area contributed by atoms with Crippen molar-refractivity contribution in [2.75, 3.05) is 10.6 Å². The summed E-state index contributed by atoms with van der Waals surface area (Å²) in [5.74, 6) is 0.417. The van der Waals surface area contributed by atoms with Gasteiger partial charge in [0.25, 0.3) is 0 Å². The second kappa shape index (κ2) is 5.82. The predicted molar refractivity (Wildman–Crippen MR) is 101 cm³/mol. The first-order valence-corrected chi connectivity index (χ1v) is 8.57. The van der Waals surface area contributed by atoms with Crippen LogP contribution in [0, 0.1) is 0 Å². The van der Waals surface area contributed by atoms with Crippen LogP contribution in [-0.4, -0.2) is 11.4 Å². The summed E-state index contributed by atoms with van der Waals surface area (Å²) in [7, 11) is 0. The maximum absolute atomic E-state index is 12.5. The average Bonchev–Trinajstić information content (AvgIpc) is 2.49. The van der Waals surface area contributed by atoms with Gasteiger partial charge in [-0.2, -0.15) is 0 Å². The van der Waals surface area contributed by atoms with E-state index in [2.05, 4.69) is 32.9 Å². The number of halogens is 1. The van der Waals surface area contributed by atoms with E-state index in [0.29, 0.717) is 5.02 Å². The number of hydrogen-bond acceptors (Lipinski definition) is 2. The monoisotopic (exact) mass is 342 g/mol. The van der Waals surface area contributed by atoms with Crippen LogP contribution < -0.4 is 10.6 Å². The highest BCUT2D eigenvalue weighted by atomic mass is 35.5. The molecule has 0 radical (unpaired) electrons. The van der Waals surface area contributed by atoms with E-state index >= 15 is 0 Å². The minimum Gasteiger partial charge on any atom is -0.399 e. The van der Waals surface area contributed by atoms with Crippen LogP contribution in [0.15, 0.2) is 42.5 Å². The molecule has 1 heterocycles. The van der Waals surface area contributed by atoms with E-state index in [1.165, 1.54) is 5.56 Å². The largest absolute Gasteiger partial charge is 0.399 e. The number of nitrogens with two attached hydrogens (primary N) is 1.